The maximum Gasteiger partial charge on any atom is 0.244 e. The number of amides is 2. The summed E-state index contributed by atoms with van der Waals surface area (Å²) in [5, 5.41) is 3.03. The smallest absolute Gasteiger partial charge is 0.244 e. The fraction of sp³-hybridized carbons (Fsp3) is 0.588. The van der Waals surface area contributed by atoms with Gasteiger partial charge in [-0.15, -0.1) is 0 Å². The Balaban J connectivity index is 1.23. The van der Waals surface area contributed by atoms with Gasteiger partial charge in [-0.05, 0) is 105 Å². The van der Waals surface area contributed by atoms with Gasteiger partial charge in [0.1, 0.15) is 18.4 Å². The second kappa shape index (κ2) is 11.9. The number of hydrogen-bond acceptors (Lipinski definition) is 4. The molecule has 43 heavy (non-hydrogen) atoms. The number of carbonyl (C=O) groups excluding carboxylic acids is 2. The lowest BCUT2D eigenvalue weighted by atomic mass is 9.48. The SMILES string of the molecule is CC(C(=O)NC1CCCC1)N(Cc1ccccc1F)C(=O)CN(c1ccc(C23CC4CC(CC(C4)C2)C3)cc1)S(C)(=O)=O. The van der Waals surface area contributed by atoms with Gasteiger partial charge in [0, 0.05) is 18.2 Å². The molecular formula is C34H44FN3O4S. The third-order valence-corrected chi connectivity index (χ3v) is 11.8. The van der Waals surface area contributed by atoms with E-state index >= 15 is 0 Å². The maximum absolute atomic E-state index is 14.7. The van der Waals surface area contributed by atoms with Gasteiger partial charge in [-0.2, -0.15) is 0 Å². The highest BCUT2D eigenvalue weighted by Crippen LogP contribution is 2.60. The number of nitrogens with one attached hydrogen (secondary N) is 1. The summed E-state index contributed by atoms with van der Waals surface area (Å²) >= 11 is 0. The lowest BCUT2D eigenvalue weighted by Crippen LogP contribution is -2.52. The van der Waals surface area contributed by atoms with Crippen molar-refractivity contribution in [2.24, 2.45) is 17.8 Å². The predicted octanol–water partition coefficient (Wildman–Crippen LogP) is 5.54. The molecule has 1 atom stereocenters. The normalized spacial score (nSPS) is 27.2. The number of sulfonamides is 1. The molecule has 0 spiro atoms. The highest BCUT2D eigenvalue weighted by atomic mass is 32.2. The fourth-order valence-electron chi connectivity index (χ4n) is 8.84. The number of hydrogen-bond donors (Lipinski definition) is 1. The first-order chi connectivity index (χ1) is 20.5. The molecule has 4 bridgehead atoms. The number of rotatable bonds is 10. The first-order valence-corrected chi connectivity index (χ1v) is 17.8. The Morgan fingerprint density at radius 1 is 0.953 bits per heavy atom. The van der Waals surface area contributed by atoms with Crippen molar-refractivity contribution < 1.29 is 22.4 Å². The number of halogens is 1. The van der Waals surface area contributed by atoms with E-state index in [0.717, 1.165) is 54.0 Å². The van der Waals surface area contributed by atoms with Gasteiger partial charge in [0.25, 0.3) is 0 Å². The van der Waals surface area contributed by atoms with Crippen molar-refractivity contribution >= 4 is 27.5 Å². The largest absolute Gasteiger partial charge is 0.352 e. The van der Waals surface area contributed by atoms with E-state index in [9.17, 15) is 22.4 Å². The molecule has 5 fully saturated rings. The van der Waals surface area contributed by atoms with E-state index in [2.05, 4.69) is 17.4 Å². The molecule has 5 aliphatic rings. The Morgan fingerprint density at radius 3 is 2.09 bits per heavy atom. The minimum absolute atomic E-state index is 0.0559. The molecule has 0 aliphatic heterocycles. The van der Waals surface area contributed by atoms with E-state index in [-0.39, 0.29) is 29.5 Å². The fourth-order valence-corrected chi connectivity index (χ4v) is 9.69. The van der Waals surface area contributed by atoms with Crippen LogP contribution in [0, 0.1) is 23.6 Å². The van der Waals surface area contributed by atoms with E-state index in [4.69, 9.17) is 0 Å². The van der Waals surface area contributed by atoms with Crippen LogP contribution in [0.25, 0.3) is 0 Å². The highest BCUT2D eigenvalue weighted by molar-refractivity contribution is 7.92. The zero-order valence-electron chi connectivity index (χ0n) is 25.3. The second-order valence-electron chi connectivity index (χ2n) is 13.8. The zero-order chi connectivity index (χ0) is 30.4. The van der Waals surface area contributed by atoms with Crippen LogP contribution in [0.4, 0.5) is 10.1 Å². The molecule has 2 amide bonds. The molecule has 9 heteroatoms. The van der Waals surface area contributed by atoms with Gasteiger partial charge in [0.15, 0.2) is 0 Å². The number of benzene rings is 2. The molecule has 7 rings (SSSR count). The van der Waals surface area contributed by atoms with Gasteiger partial charge in [-0.3, -0.25) is 13.9 Å². The van der Waals surface area contributed by atoms with E-state index in [1.807, 2.05) is 12.1 Å². The van der Waals surface area contributed by atoms with E-state index < -0.39 is 34.3 Å². The van der Waals surface area contributed by atoms with E-state index in [1.165, 1.54) is 55.1 Å². The molecule has 5 aliphatic carbocycles. The minimum Gasteiger partial charge on any atom is -0.352 e. The van der Waals surface area contributed by atoms with Crippen molar-refractivity contribution in [1.82, 2.24) is 10.2 Å². The van der Waals surface area contributed by atoms with Crippen molar-refractivity contribution in [2.75, 3.05) is 17.1 Å². The molecule has 2 aromatic carbocycles. The molecule has 7 nitrogen and oxygen atoms in total. The first kappa shape index (κ1) is 30.1. The van der Waals surface area contributed by atoms with Crippen molar-refractivity contribution in [3.8, 4) is 0 Å². The third-order valence-electron chi connectivity index (χ3n) is 10.7. The van der Waals surface area contributed by atoms with Crippen molar-refractivity contribution in [2.45, 2.75) is 95.2 Å². The van der Waals surface area contributed by atoms with Crippen LogP contribution in [0.2, 0.25) is 0 Å². The molecule has 0 aromatic heterocycles. The van der Waals surface area contributed by atoms with Crippen LogP contribution in [0.15, 0.2) is 48.5 Å². The Labute approximate surface area is 255 Å². The maximum atomic E-state index is 14.7. The molecule has 232 valence electrons. The van der Waals surface area contributed by atoms with E-state index in [1.54, 1.807) is 25.1 Å². The van der Waals surface area contributed by atoms with Crippen LogP contribution in [0.1, 0.15) is 82.3 Å². The Kier molecular flexibility index (Phi) is 8.31. The van der Waals surface area contributed by atoms with Crippen molar-refractivity contribution in [3.63, 3.8) is 0 Å². The molecule has 0 heterocycles. The van der Waals surface area contributed by atoms with Gasteiger partial charge in [-0.25, -0.2) is 12.8 Å². The molecule has 0 saturated heterocycles. The molecule has 2 aromatic rings. The number of carbonyl (C=O) groups is 2. The summed E-state index contributed by atoms with van der Waals surface area (Å²) < 4.78 is 41.9. The summed E-state index contributed by atoms with van der Waals surface area (Å²) in [6.45, 7) is 0.993. The Morgan fingerprint density at radius 2 is 1.53 bits per heavy atom. The third kappa shape index (κ3) is 6.33. The standard InChI is InChI=1S/C34H44FN3O4S/c1-23(33(40)36-29-8-4-5-9-29)37(21-27-7-3-6-10-31(27)35)32(39)22-38(43(2,41)42)30-13-11-28(12-14-30)34-18-24-15-25(19-34)17-26(16-24)20-34/h3,6-7,10-14,23-26,29H,4-5,8-9,15-22H2,1-2H3,(H,36,40). The topological polar surface area (TPSA) is 86.8 Å². The summed E-state index contributed by atoms with van der Waals surface area (Å²) in [4.78, 5) is 28.4. The summed E-state index contributed by atoms with van der Waals surface area (Å²) in [5.41, 5.74) is 2.13. The number of anilines is 1. The summed E-state index contributed by atoms with van der Waals surface area (Å²) in [7, 11) is -3.84. The van der Waals surface area contributed by atoms with E-state index in [0.29, 0.717) is 5.69 Å². The molecule has 5 saturated carbocycles. The van der Waals surface area contributed by atoms with Gasteiger partial charge >= 0.3 is 0 Å². The quantitative estimate of drug-likeness (QED) is 0.384. The van der Waals surface area contributed by atoms with Crippen LogP contribution in [-0.2, 0) is 31.6 Å². The average Bonchev–Trinajstić information content (AvgIpc) is 3.47. The predicted molar refractivity (Wildman–Crippen MR) is 165 cm³/mol. The Hall–Kier alpha value is -2.94. The van der Waals surface area contributed by atoms with Crippen molar-refractivity contribution in [3.05, 3.63) is 65.5 Å². The summed E-state index contributed by atoms with van der Waals surface area (Å²) in [6, 6.07) is 13.0. The van der Waals surface area contributed by atoms with Crippen molar-refractivity contribution in [1.29, 1.82) is 0 Å². The van der Waals surface area contributed by atoms with Crippen LogP contribution in [-0.4, -0.2) is 50.0 Å². The average molecular weight is 610 g/mol. The van der Waals surface area contributed by atoms with Crippen LogP contribution in [0.5, 0.6) is 0 Å². The van der Waals surface area contributed by atoms with Crippen LogP contribution >= 0.6 is 0 Å². The van der Waals surface area contributed by atoms with Gasteiger partial charge in [0.05, 0.1) is 11.9 Å². The summed E-state index contributed by atoms with van der Waals surface area (Å²) in [6.07, 6.45) is 12.6. The van der Waals surface area contributed by atoms with Crippen LogP contribution < -0.4 is 9.62 Å². The minimum atomic E-state index is -3.84. The molecule has 1 unspecified atom stereocenters. The number of nitrogens with zero attached hydrogens (tertiary/aromatic N) is 2. The Bertz CT molecular complexity index is 1420. The van der Waals surface area contributed by atoms with Gasteiger partial charge in [-0.1, -0.05) is 43.2 Å². The molecule has 0 radical (unpaired) electrons. The monoisotopic (exact) mass is 609 g/mol. The summed E-state index contributed by atoms with van der Waals surface area (Å²) in [5.74, 6) is 1.03. The second-order valence-corrected chi connectivity index (χ2v) is 15.7. The molecular weight excluding hydrogens is 565 g/mol. The van der Waals surface area contributed by atoms with Crippen LogP contribution in [0.3, 0.4) is 0 Å². The highest BCUT2D eigenvalue weighted by Gasteiger charge is 2.51. The lowest BCUT2D eigenvalue weighted by Gasteiger charge is -2.57. The van der Waals surface area contributed by atoms with Gasteiger partial charge < -0.3 is 10.2 Å². The zero-order valence-corrected chi connectivity index (χ0v) is 26.1. The lowest BCUT2D eigenvalue weighted by molar-refractivity contribution is -0.139. The molecule has 1 N–H and O–H groups in total. The first-order valence-electron chi connectivity index (χ1n) is 15.9. The van der Waals surface area contributed by atoms with Gasteiger partial charge in [0.2, 0.25) is 21.8 Å².